The third kappa shape index (κ3) is 3.98. The predicted molar refractivity (Wildman–Crippen MR) is 89.9 cm³/mol. The number of nitrogens with one attached hydrogen (secondary N) is 1. The van der Waals surface area contributed by atoms with Gasteiger partial charge in [0.1, 0.15) is 0 Å². The maximum Gasteiger partial charge on any atom is 0.0648 e. The minimum Gasteiger partial charge on any atom is -0.377 e. The molecule has 0 fully saturated rings. The van der Waals surface area contributed by atoms with Crippen molar-refractivity contribution in [3.8, 4) is 0 Å². The van der Waals surface area contributed by atoms with Gasteiger partial charge in [0.2, 0.25) is 0 Å². The summed E-state index contributed by atoms with van der Waals surface area (Å²) >= 11 is 13.1. The van der Waals surface area contributed by atoms with E-state index in [0.717, 1.165) is 26.1 Å². The SMILES string of the molecule is CCC(Nc1ccc(Br)cc1Cl)c1ccc(Br)cc1. The molecule has 2 aromatic carbocycles. The monoisotopic (exact) mass is 401 g/mol. The highest BCUT2D eigenvalue weighted by atomic mass is 79.9. The number of rotatable bonds is 4. The van der Waals surface area contributed by atoms with Crippen LogP contribution in [0.3, 0.4) is 0 Å². The van der Waals surface area contributed by atoms with Crippen molar-refractivity contribution in [1.29, 1.82) is 0 Å². The van der Waals surface area contributed by atoms with E-state index in [0.29, 0.717) is 0 Å². The van der Waals surface area contributed by atoms with Gasteiger partial charge in [-0.05, 0) is 42.3 Å². The van der Waals surface area contributed by atoms with Gasteiger partial charge in [0.15, 0.2) is 0 Å². The lowest BCUT2D eigenvalue weighted by Gasteiger charge is -2.20. The molecule has 1 unspecified atom stereocenters. The Hall–Kier alpha value is -0.510. The van der Waals surface area contributed by atoms with Crippen LogP contribution in [0.4, 0.5) is 5.69 Å². The summed E-state index contributed by atoms with van der Waals surface area (Å²) in [5.41, 5.74) is 2.21. The first kappa shape index (κ1) is 14.9. The van der Waals surface area contributed by atoms with E-state index >= 15 is 0 Å². The van der Waals surface area contributed by atoms with Gasteiger partial charge < -0.3 is 5.32 Å². The quantitative estimate of drug-likeness (QED) is 0.620. The van der Waals surface area contributed by atoms with Crippen LogP contribution >= 0.6 is 43.5 Å². The van der Waals surface area contributed by atoms with Crippen molar-refractivity contribution >= 4 is 49.1 Å². The third-order valence-electron chi connectivity index (χ3n) is 2.94. The summed E-state index contributed by atoms with van der Waals surface area (Å²) in [4.78, 5) is 0. The van der Waals surface area contributed by atoms with Crippen molar-refractivity contribution in [1.82, 2.24) is 0 Å². The minimum absolute atomic E-state index is 0.256. The summed E-state index contributed by atoms with van der Waals surface area (Å²) in [6.07, 6.45) is 0.994. The van der Waals surface area contributed by atoms with Crippen LogP contribution in [0.2, 0.25) is 5.02 Å². The summed E-state index contributed by atoms with van der Waals surface area (Å²) in [6.45, 7) is 2.16. The van der Waals surface area contributed by atoms with Crippen molar-refractivity contribution in [2.75, 3.05) is 5.32 Å². The van der Waals surface area contributed by atoms with Crippen LogP contribution in [0, 0.1) is 0 Å². The fourth-order valence-corrected chi connectivity index (χ4v) is 2.90. The molecule has 1 nitrogen and oxygen atoms in total. The normalized spacial score (nSPS) is 12.2. The maximum atomic E-state index is 6.24. The summed E-state index contributed by atoms with van der Waals surface area (Å²) in [6, 6.07) is 14.5. The smallest absolute Gasteiger partial charge is 0.0648 e. The van der Waals surface area contributed by atoms with Crippen molar-refractivity contribution in [2.24, 2.45) is 0 Å². The minimum atomic E-state index is 0.256. The predicted octanol–water partition coefficient (Wildman–Crippen LogP) is 6.43. The van der Waals surface area contributed by atoms with Gasteiger partial charge in [0.25, 0.3) is 0 Å². The molecule has 0 heterocycles. The second-order valence-corrected chi connectivity index (χ2v) is 6.52. The van der Waals surface area contributed by atoms with Crippen LogP contribution in [0.1, 0.15) is 24.9 Å². The first-order valence-corrected chi connectivity index (χ1v) is 8.03. The van der Waals surface area contributed by atoms with Gasteiger partial charge in [0, 0.05) is 8.95 Å². The Labute approximate surface area is 135 Å². The molecular weight excluding hydrogens is 389 g/mol. The van der Waals surface area contributed by atoms with Crippen LogP contribution in [0.15, 0.2) is 51.4 Å². The van der Waals surface area contributed by atoms with Crippen molar-refractivity contribution in [3.63, 3.8) is 0 Å². The molecular formula is C15H14Br2ClN. The Morgan fingerprint density at radius 3 is 2.26 bits per heavy atom. The number of halogens is 3. The van der Waals surface area contributed by atoms with Gasteiger partial charge in [-0.2, -0.15) is 0 Å². The van der Waals surface area contributed by atoms with Crippen molar-refractivity contribution < 1.29 is 0 Å². The Balaban J connectivity index is 2.21. The maximum absolute atomic E-state index is 6.24. The summed E-state index contributed by atoms with van der Waals surface area (Å²) in [5, 5.41) is 4.22. The molecule has 1 atom stereocenters. The Kier molecular flexibility index (Phi) is 5.31. The zero-order valence-corrected chi connectivity index (χ0v) is 14.4. The molecule has 0 aliphatic heterocycles. The zero-order valence-electron chi connectivity index (χ0n) is 10.5. The van der Waals surface area contributed by atoms with Gasteiger partial charge in [-0.15, -0.1) is 0 Å². The fraction of sp³-hybridized carbons (Fsp3) is 0.200. The standard InChI is InChI=1S/C15H14Br2ClN/c1-2-14(10-3-5-11(16)6-4-10)19-15-8-7-12(17)9-13(15)18/h3-9,14,19H,2H2,1H3. The Bertz CT molecular complexity index is 555. The van der Waals surface area contributed by atoms with E-state index in [4.69, 9.17) is 11.6 Å². The molecule has 0 bridgehead atoms. The molecule has 0 amide bonds. The number of hydrogen-bond acceptors (Lipinski definition) is 1. The average Bonchev–Trinajstić information content (AvgIpc) is 2.39. The van der Waals surface area contributed by atoms with E-state index in [2.05, 4.69) is 68.4 Å². The highest BCUT2D eigenvalue weighted by Gasteiger charge is 2.11. The van der Waals surface area contributed by atoms with Gasteiger partial charge in [-0.3, -0.25) is 0 Å². The molecule has 4 heteroatoms. The zero-order chi connectivity index (χ0) is 13.8. The second-order valence-electron chi connectivity index (χ2n) is 4.28. The summed E-state index contributed by atoms with van der Waals surface area (Å²) in [5.74, 6) is 0. The largest absolute Gasteiger partial charge is 0.377 e. The lowest BCUT2D eigenvalue weighted by Crippen LogP contribution is -2.09. The molecule has 0 spiro atoms. The van der Waals surface area contributed by atoms with Gasteiger partial charge in [-0.25, -0.2) is 0 Å². The molecule has 0 saturated heterocycles. The molecule has 0 radical (unpaired) electrons. The molecule has 2 rings (SSSR count). The van der Waals surface area contributed by atoms with E-state index in [1.54, 1.807) is 0 Å². The average molecular weight is 404 g/mol. The van der Waals surface area contributed by atoms with Crippen molar-refractivity contribution in [3.05, 3.63) is 62.0 Å². The van der Waals surface area contributed by atoms with Crippen molar-refractivity contribution in [2.45, 2.75) is 19.4 Å². The van der Waals surface area contributed by atoms with E-state index in [1.165, 1.54) is 5.56 Å². The molecule has 0 saturated carbocycles. The van der Waals surface area contributed by atoms with Gasteiger partial charge in [-0.1, -0.05) is 62.5 Å². The van der Waals surface area contributed by atoms with E-state index in [1.807, 2.05) is 18.2 Å². The highest BCUT2D eigenvalue weighted by Crippen LogP contribution is 2.30. The van der Waals surface area contributed by atoms with E-state index < -0.39 is 0 Å². The molecule has 1 N–H and O–H groups in total. The van der Waals surface area contributed by atoms with Crippen LogP contribution in [0.5, 0.6) is 0 Å². The summed E-state index contributed by atoms with van der Waals surface area (Å²) in [7, 11) is 0. The topological polar surface area (TPSA) is 12.0 Å². The molecule has 0 aliphatic carbocycles. The number of hydrogen-bond donors (Lipinski definition) is 1. The lowest BCUT2D eigenvalue weighted by molar-refractivity contribution is 0.749. The third-order valence-corrected chi connectivity index (χ3v) is 4.28. The first-order chi connectivity index (χ1) is 9.10. The number of anilines is 1. The number of benzene rings is 2. The van der Waals surface area contributed by atoms with Crippen LogP contribution < -0.4 is 5.32 Å². The molecule has 2 aromatic rings. The molecule has 100 valence electrons. The van der Waals surface area contributed by atoms with Gasteiger partial charge >= 0.3 is 0 Å². The highest BCUT2D eigenvalue weighted by molar-refractivity contribution is 9.10. The fourth-order valence-electron chi connectivity index (χ4n) is 1.91. The Morgan fingerprint density at radius 2 is 1.68 bits per heavy atom. The van der Waals surface area contributed by atoms with Crippen LogP contribution in [0.25, 0.3) is 0 Å². The van der Waals surface area contributed by atoms with Gasteiger partial charge in [0.05, 0.1) is 16.8 Å². The first-order valence-electron chi connectivity index (χ1n) is 6.07. The molecule has 0 aromatic heterocycles. The van der Waals surface area contributed by atoms with E-state index in [9.17, 15) is 0 Å². The molecule has 0 aliphatic rings. The molecule has 19 heavy (non-hydrogen) atoms. The summed E-state index contributed by atoms with van der Waals surface area (Å²) < 4.78 is 2.08. The van der Waals surface area contributed by atoms with Crippen LogP contribution in [-0.2, 0) is 0 Å². The Morgan fingerprint density at radius 1 is 1.05 bits per heavy atom. The van der Waals surface area contributed by atoms with Crippen LogP contribution in [-0.4, -0.2) is 0 Å². The second kappa shape index (κ2) is 6.78. The van der Waals surface area contributed by atoms with E-state index in [-0.39, 0.29) is 6.04 Å². The lowest BCUT2D eigenvalue weighted by atomic mass is 10.0.